The maximum absolute atomic E-state index is 6.14. The van der Waals surface area contributed by atoms with Crippen LogP contribution in [0.25, 0.3) is 0 Å². The predicted molar refractivity (Wildman–Crippen MR) is 83.9 cm³/mol. The molecule has 0 amide bonds. The maximum atomic E-state index is 6.14. The highest BCUT2D eigenvalue weighted by atomic mass is 79.9. The zero-order valence-electron chi connectivity index (χ0n) is 11.7. The number of hydrogen-bond acceptors (Lipinski definition) is 3. The number of nitrogens with one attached hydrogen (secondary N) is 1. The Morgan fingerprint density at radius 3 is 2.37 bits per heavy atom. The molecular weight excluding hydrogens is 304 g/mol. The van der Waals surface area contributed by atoms with Gasteiger partial charge in [-0.3, -0.25) is 4.68 Å². The molecule has 0 unspecified atom stereocenters. The number of rotatable bonds is 3. The van der Waals surface area contributed by atoms with Gasteiger partial charge in [0.25, 0.3) is 0 Å². The smallest absolute Gasteiger partial charge is 0.152 e. The van der Waals surface area contributed by atoms with Crippen LogP contribution in [-0.2, 0) is 13.5 Å². The van der Waals surface area contributed by atoms with Crippen LogP contribution in [-0.4, -0.2) is 9.78 Å². The van der Waals surface area contributed by atoms with Gasteiger partial charge in [-0.1, -0.05) is 22.9 Å². The highest BCUT2D eigenvalue weighted by Gasteiger charge is 2.14. The van der Waals surface area contributed by atoms with Crippen LogP contribution in [0.15, 0.2) is 16.6 Å². The topological polar surface area (TPSA) is 55.9 Å². The molecule has 0 aliphatic heterocycles. The first kappa shape index (κ1) is 13.9. The molecule has 5 heteroatoms. The Morgan fingerprint density at radius 2 is 1.89 bits per heavy atom. The summed E-state index contributed by atoms with van der Waals surface area (Å²) in [6, 6.07) is 4.17. The van der Waals surface area contributed by atoms with E-state index in [1.807, 2.05) is 7.05 Å². The molecule has 0 aliphatic rings. The number of anilines is 3. The van der Waals surface area contributed by atoms with E-state index >= 15 is 0 Å². The van der Waals surface area contributed by atoms with Gasteiger partial charge in [-0.25, -0.2) is 0 Å². The summed E-state index contributed by atoms with van der Waals surface area (Å²) in [5.74, 6) is 0.852. The Bertz CT molecular complexity index is 593. The Kier molecular flexibility index (Phi) is 3.85. The van der Waals surface area contributed by atoms with Crippen LogP contribution in [0.1, 0.15) is 23.7 Å². The predicted octanol–water partition coefficient (Wildman–Crippen LogP) is 3.69. The van der Waals surface area contributed by atoms with Gasteiger partial charge in [0, 0.05) is 17.2 Å². The fourth-order valence-electron chi connectivity index (χ4n) is 2.23. The molecule has 0 aliphatic carbocycles. The van der Waals surface area contributed by atoms with E-state index in [9.17, 15) is 0 Å². The molecule has 4 nitrogen and oxygen atoms in total. The van der Waals surface area contributed by atoms with E-state index in [1.165, 1.54) is 11.1 Å². The third kappa shape index (κ3) is 2.61. The molecule has 3 N–H and O–H groups in total. The van der Waals surface area contributed by atoms with Gasteiger partial charge in [0.15, 0.2) is 5.82 Å². The maximum Gasteiger partial charge on any atom is 0.152 e. The molecule has 0 fully saturated rings. The average Bonchev–Trinajstić information content (AvgIpc) is 2.59. The fourth-order valence-corrected chi connectivity index (χ4v) is 2.92. The van der Waals surface area contributed by atoms with Crippen molar-refractivity contribution in [1.29, 1.82) is 0 Å². The number of nitrogen functional groups attached to an aromatic ring is 1. The van der Waals surface area contributed by atoms with Crippen LogP contribution in [0, 0.1) is 13.8 Å². The molecule has 0 radical (unpaired) electrons. The second-order valence-electron chi connectivity index (χ2n) is 4.73. The van der Waals surface area contributed by atoms with Crippen LogP contribution < -0.4 is 11.1 Å². The van der Waals surface area contributed by atoms with Crippen LogP contribution in [0.5, 0.6) is 0 Å². The van der Waals surface area contributed by atoms with Gasteiger partial charge in [0.1, 0.15) is 0 Å². The summed E-state index contributed by atoms with van der Waals surface area (Å²) in [5.41, 5.74) is 11.2. The van der Waals surface area contributed by atoms with Crippen molar-refractivity contribution in [2.75, 3.05) is 11.1 Å². The van der Waals surface area contributed by atoms with Gasteiger partial charge < -0.3 is 11.1 Å². The molecular formula is C14H19BrN4. The number of aryl methyl sites for hydroxylation is 4. The van der Waals surface area contributed by atoms with E-state index in [-0.39, 0.29) is 0 Å². The number of hydrogen-bond donors (Lipinski definition) is 2. The first-order chi connectivity index (χ1) is 8.93. The Balaban J connectivity index is 2.45. The van der Waals surface area contributed by atoms with E-state index in [0.717, 1.165) is 33.8 Å². The van der Waals surface area contributed by atoms with E-state index in [2.05, 4.69) is 59.2 Å². The van der Waals surface area contributed by atoms with E-state index in [1.54, 1.807) is 4.68 Å². The van der Waals surface area contributed by atoms with Gasteiger partial charge in [-0.15, -0.1) is 0 Å². The highest BCUT2D eigenvalue weighted by molar-refractivity contribution is 9.10. The Hall–Kier alpha value is -1.49. The number of nitrogens with two attached hydrogens (primary N) is 1. The standard InChI is InChI=1S/C14H19BrN4/c1-5-11-12(16)14(19(4)18-11)17-13-8(2)6-10(15)7-9(13)3/h6-7,17H,5,16H2,1-4H3. The lowest BCUT2D eigenvalue weighted by atomic mass is 10.1. The van der Waals surface area contributed by atoms with Crippen molar-refractivity contribution < 1.29 is 0 Å². The van der Waals surface area contributed by atoms with Crippen molar-refractivity contribution in [2.45, 2.75) is 27.2 Å². The van der Waals surface area contributed by atoms with Crippen molar-refractivity contribution in [3.05, 3.63) is 33.4 Å². The molecule has 1 heterocycles. The van der Waals surface area contributed by atoms with Crippen molar-refractivity contribution in [1.82, 2.24) is 9.78 Å². The molecule has 0 bridgehead atoms. The summed E-state index contributed by atoms with van der Waals surface area (Å²) >= 11 is 3.51. The highest BCUT2D eigenvalue weighted by Crippen LogP contribution is 2.31. The van der Waals surface area contributed by atoms with E-state index in [0.29, 0.717) is 0 Å². The van der Waals surface area contributed by atoms with E-state index in [4.69, 9.17) is 5.73 Å². The third-order valence-electron chi connectivity index (χ3n) is 3.24. The summed E-state index contributed by atoms with van der Waals surface area (Å²) in [5, 5.41) is 7.84. The number of aromatic nitrogens is 2. The van der Waals surface area contributed by atoms with E-state index < -0.39 is 0 Å². The molecule has 102 valence electrons. The zero-order valence-corrected chi connectivity index (χ0v) is 13.3. The molecule has 19 heavy (non-hydrogen) atoms. The SMILES string of the molecule is CCc1nn(C)c(Nc2c(C)cc(Br)cc2C)c1N. The molecule has 1 aromatic heterocycles. The lowest BCUT2D eigenvalue weighted by molar-refractivity contribution is 0.753. The fraction of sp³-hybridized carbons (Fsp3) is 0.357. The average molecular weight is 323 g/mol. The second-order valence-corrected chi connectivity index (χ2v) is 5.64. The lowest BCUT2D eigenvalue weighted by Gasteiger charge is -2.14. The minimum absolute atomic E-state index is 0.728. The quantitative estimate of drug-likeness (QED) is 0.906. The first-order valence-corrected chi connectivity index (χ1v) is 7.08. The van der Waals surface area contributed by atoms with Gasteiger partial charge in [-0.05, 0) is 43.5 Å². The van der Waals surface area contributed by atoms with Gasteiger partial charge in [-0.2, -0.15) is 5.10 Å². The minimum Gasteiger partial charge on any atom is -0.394 e. The van der Waals surface area contributed by atoms with Crippen LogP contribution in [0.4, 0.5) is 17.2 Å². The summed E-state index contributed by atoms with van der Waals surface area (Å²) in [4.78, 5) is 0. The third-order valence-corrected chi connectivity index (χ3v) is 3.69. The minimum atomic E-state index is 0.728. The van der Waals surface area contributed by atoms with Crippen LogP contribution >= 0.6 is 15.9 Å². The number of halogens is 1. The van der Waals surface area contributed by atoms with Crippen molar-refractivity contribution in [3.63, 3.8) is 0 Å². The number of benzene rings is 1. The Morgan fingerprint density at radius 1 is 1.32 bits per heavy atom. The monoisotopic (exact) mass is 322 g/mol. The zero-order chi connectivity index (χ0) is 14.2. The van der Waals surface area contributed by atoms with Crippen LogP contribution in [0.2, 0.25) is 0 Å². The molecule has 0 atom stereocenters. The molecule has 1 aromatic carbocycles. The van der Waals surface area contributed by atoms with Gasteiger partial charge in [0.05, 0.1) is 11.4 Å². The normalized spacial score (nSPS) is 10.8. The van der Waals surface area contributed by atoms with Crippen LogP contribution in [0.3, 0.4) is 0 Å². The molecule has 2 aromatic rings. The first-order valence-electron chi connectivity index (χ1n) is 6.29. The van der Waals surface area contributed by atoms with Crippen molar-refractivity contribution >= 4 is 33.1 Å². The molecule has 0 saturated heterocycles. The number of nitrogens with zero attached hydrogens (tertiary/aromatic N) is 2. The summed E-state index contributed by atoms with van der Waals surface area (Å²) in [6.45, 7) is 6.21. The van der Waals surface area contributed by atoms with Gasteiger partial charge >= 0.3 is 0 Å². The summed E-state index contributed by atoms with van der Waals surface area (Å²) in [6.07, 6.45) is 0.833. The summed E-state index contributed by atoms with van der Waals surface area (Å²) in [7, 11) is 1.90. The Labute approximate surface area is 122 Å². The lowest BCUT2D eigenvalue weighted by Crippen LogP contribution is -2.04. The second kappa shape index (κ2) is 5.25. The molecule has 0 saturated carbocycles. The van der Waals surface area contributed by atoms with Crippen molar-refractivity contribution in [2.24, 2.45) is 7.05 Å². The molecule has 0 spiro atoms. The van der Waals surface area contributed by atoms with Gasteiger partial charge in [0.2, 0.25) is 0 Å². The largest absolute Gasteiger partial charge is 0.394 e. The van der Waals surface area contributed by atoms with Crippen molar-refractivity contribution in [3.8, 4) is 0 Å². The molecule has 2 rings (SSSR count). The summed E-state index contributed by atoms with van der Waals surface area (Å²) < 4.78 is 2.88.